The summed E-state index contributed by atoms with van der Waals surface area (Å²) in [4.78, 5) is 2.41. The fourth-order valence-corrected chi connectivity index (χ4v) is 2.71. The van der Waals surface area contributed by atoms with Crippen molar-refractivity contribution in [3.8, 4) is 0 Å². The lowest BCUT2D eigenvalue weighted by molar-refractivity contribution is 0.454. The molecular formula is C16H26N2. The van der Waals surface area contributed by atoms with Gasteiger partial charge in [-0.25, -0.2) is 0 Å². The van der Waals surface area contributed by atoms with Crippen LogP contribution in [-0.4, -0.2) is 25.2 Å². The van der Waals surface area contributed by atoms with Crippen LogP contribution in [0.5, 0.6) is 0 Å². The van der Waals surface area contributed by atoms with Gasteiger partial charge in [0.25, 0.3) is 0 Å². The monoisotopic (exact) mass is 246 g/mol. The maximum Gasteiger partial charge on any atom is 0.0428 e. The number of likely N-dealkylation sites (N-methyl/N-ethyl adjacent to an activating group) is 1. The summed E-state index contributed by atoms with van der Waals surface area (Å²) in [7, 11) is 2.21. The molecule has 0 saturated carbocycles. The molecule has 2 nitrogen and oxygen atoms in total. The molecule has 1 atom stereocenters. The molecule has 100 valence electrons. The second-order valence-corrected chi connectivity index (χ2v) is 6.48. The van der Waals surface area contributed by atoms with Crippen LogP contribution >= 0.6 is 0 Å². The molecule has 1 saturated heterocycles. The van der Waals surface area contributed by atoms with Crippen LogP contribution in [0.15, 0.2) is 24.3 Å². The van der Waals surface area contributed by atoms with Gasteiger partial charge in [-0.05, 0) is 43.9 Å². The lowest BCUT2D eigenvalue weighted by Gasteiger charge is -2.27. The van der Waals surface area contributed by atoms with Gasteiger partial charge in [0.1, 0.15) is 0 Å². The lowest BCUT2D eigenvalue weighted by Crippen LogP contribution is -2.33. The number of hydrogen-bond donors (Lipinski definition) is 1. The summed E-state index contributed by atoms with van der Waals surface area (Å²) in [5.74, 6) is 0.608. The lowest BCUT2D eigenvalue weighted by atomic mass is 10.00. The highest BCUT2D eigenvalue weighted by Gasteiger charge is 2.32. The first-order chi connectivity index (χ1) is 8.39. The molecule has 1 fully saturated rings. The van der Waals surface area contributed by atoms with Crippen LogP contribution in [0.2, 0.25) is 0 Å². The standard InChI is InChI=1S/C16H26N2/c1-12(2)13-6-8-14(9-7-13)18(5)15-10-16(3,4)17-11-15/h6-9,12,15,17H,10-11H2,1-5H3. The number of benzene rings is 1. The van der Waals surface area contributed by atoms with Crippen molar-refractivity contribution in [2.75, 3.05) is 18.5 Å². The molecule has 0 aromatic heterocycles. The first-order valence-electron chi connectivity index (χ1n) is 6.97. The van der Waals surface area contributed by atoms with E-state index in [0.29, 0.717) is 12.0 Å². The van der Waals surface area contributed by atoms with Gasteiger partial charge in [-0.2, -0.15) is 0 Å². The van der Waals surface area contributed by atoms with Crippen molar-refractivity contribution in [1.29, 1.82) is 0 Å². The Morgan fingerprint density at radius 2 is 1.83 bits per heavy atom. The second kappa shape index (κ2) is 4.93. The predicted molar refractivity (Wildman–Crippen MR) is 79.4 cm³/mol. The van der Waals surface area contributed by atoms with Gasteiger partial charge in [0.15, 0.2) is 0 Å². The Labute approximate surface area is 111 Å². The Bertz CT molecular complexity index is 392. The number of nitrogens with one attached hydrogen (secondary N) is 1. The molecule has 1 aliphatic rings. The van der Waals surface area contributed by atoms with Crippen LogP contribution in [-0.2, 0) is 0 Å². The summed E-state index contributed by atoms with van der Waals surface area (Å²) in [6.45, 7) is 10.1. The molecule has 1 aromatic carbocycles. The third kappa shape index (κ3) is 2.86. The molecule has 0 spiro atoms. The summed E-state index contributed by atoms with van der Waals surface area (Å²) in [6.07, 6.45) is 1.20. The van der Waals surface area contributed by atoms with Crippen LogP contribution in [0, 0.1) is 0 Å². The van der Waals surface area contributed by atoms with E-state index >= 15 is 0 Å². The van der Waals surface area contributed by atoms with Gasteiger partial charge in [-0.15, -0.1) is 0 Å². The zero-order valence-corrected chi connectivity index (χ0v) is 12.3. The van der Waals surface area contributed by atoms with Crippen LogP contribution in [0.25, 0.3) is 0 Å². The Balaban J connectivity index is 2.07. The maximum atomic E-state index is 3.58. The summed E-state index contributed by atoms with van der Waals surface area (Å²) in [5.41, 5.74) is 3.01. The van der Waals surface area contributed by atoms with E-state index in [0.717, 1.165) is 6.54 Å². The number of hydrogen-bond acceptors (Lipinski definition) is 2. The zero-order chi connectivity index (χ0) is 13.3. The van der Waals surface area contributed by atoms with E-state index < -0.39 is 0 Å². The summed E-state index contributed by atoms with van der Waals surface area (Å²) in [5, 5.41) is 3.58. The molecule has 1 unspecified atom stereocenters. The van der Waals surface area contributed by atoms with Crippen molar-refractivity contribution in [3.05, 3.63) is 29.8 Å². The average molecular weight is 246 g/mol. The van der Waals surface area contributed by atoms with E-state index in [4.69, 9.17) is 0 Å². The summed E-state index contributed by atoms with van der Waals surface area (Å²) in [6, 6.07) is 9.61. The van der Waals surface area contributed by atoms with Gasteiger partial charge in [-0.3, -0.25) is 0 Å². The number of nitrogens with zero attached hydrogens (tertiary/aromatic N) is 1. The normalized spacial score (nSPS) is 22.4. The third-order valence-corrected chi connectivity index (χ3v) is 4.08. The van der Waals surface area contributed by atoms with Gasteiger partial charge in [0.2, 0.25) is 0 Å². The minimum Gasteiger partial charge on any atom is -0.370 e. The predicted octanol–water partition coefficient (Wildman–Crippen LogP) is 3.39. The van der Waals surface area contributed by atoms with E-state index in [-0.39, 0.29) is 5.54 Å². The van der Waals surface area contributed by atoms with Crippen molar-refractivity contribution >= 4 is 5.69 Å². The van der Waals surface area contributed by atoms with Crippen molar-refractivity contribution in [3.63, 3.8) is 0 Å². The minimum absolute atomic E-state index is 0.275. The Hall–Kier alpha value is -1.02. The van der Waals surface area contributed by atoms with Gasteiger partial charge >= 0.3 is 0 Å². The van der Waals surface area contributed by atoms with Crippen LogP contribution < -0.4 is 10.2 Å². The van der Waals surface area contributed by atoms with Gasteiger partial charge in [0, 0.05) is 30.9 Å². The Morgan fingerprint density at radius 1 is 1.22 bits per heavy atom. The van der Waals surface area contributed by atoms with E-state index in [2.05, 4.69) is 69.2 Å². The molecule has 18 heavy (non-hydrogen) atoms. The highest BCUT2D eigenvalue weighted by atomic mass is 15.2. The fourth-order valence-electron chi connectivity index (χ4n) is 2.71. The highest BCUT2D eigenvalue weighted by Crippen LogP contribution is 2.26. The van der Waals surface area contributed by atoms with Crippen molar-refractivity contribution in [2.45, 2.75) is 51.6 Å². The molecule has 0 aliphatic carbocycles. The molecule has 1 aromatic rings. The van der Waals surface area contributed by atoms with Crippen LogP contribution in [0.3, 0.4) is 0 Å². The van der Waals surface area contributed by atoms with E-state index in [1.54, 1.807) is 0 Å². The molecule has 1 N–H and O–H groups in total. The minimum atomic E-state index is 0.275. The second-order valence-electron chi connectivity index (χ2n) is 6.48. The maximum absolute atomic E-state index is 3.58. The van der Waals surface area contributed by atoms with Gasteiger partial charge in [0.05, 0.1) is 0 Å². The third-order valence-electron chi connectivity index (χ3n) is 4.08. The smallest absolute Gasteiger partial charge is 0.0428 e. The van der Waals surface area contributed by atoms with E-state index in [1.807, 2.05) is 0 Å². The van der Waals surface area contributed by atoms with Crippen LogP contribution in [0.4, 0.5) is 5.69 Å². The molecule has 0 bridgehead atoms. The molecule has 0 radical (unpaired) electrons. The molecule has 0 amide bonds. The van der Waals surface area contributed by atoms with Gasteiger partial charge in [-0.1, -0.05) is 26.0 Å². The largest absolute Gasteiger partial charge is 0.370 e. The number of rotatable bonds is 3. The number of anilines is 1. The topological polar surface area (TPSA) is 15.3 Å². The van der Waals surface area contributed by atoms with Crippen molar-refractivity contribution < 1.29 is 0 Å². The molecule has 2 heteroatoms. The molecule has 1 aliphatic heterocycles. The molecule has 1 heterocycles. The fraction of sp³-hybridized carbons (Fsp3) is 0.625. The van der Waals surface area contributed by atoms with E-state index in [9.17, 15) is 0 Å². The van der Waals surface area contributed by atoms with Gasteiger partial charge < -0.3 is 10.2 Å². The SMILES string of the molecule is CC(C)c1ccc(N(C)C2CNC(C)(C)C2)cc1. The zero-order valence-electron chi connectivity index (χ0n) is 12.3. The Morgan fingerprint density at radius 3 is 2.28 bits per heavy atom. The average Bonchev–Trinajstić information content (AvgIpc) is 2.69. The molecule has 2 rings (SSSR count). The highest BCUT2D eigenvalue weighted by molar-refractivity contribution is 5.48. The van der Waals surface area contributed by atoms with Crippen molar-refractivity contribution in [2.24, 2.45) is 0 Å². The summed E-state index contributed by atoms with van der Waals surface area (Å²) < 4.78 is 0. The Kier molecular flexibility index (Phi) is 3.67. The molecular weight excluding hydrogens is 220 g/mol. The summed E-state index contributed by atoms with van der Waals surface area (Å²) >= 11 is 0. The first-order valence-corrected chi connectivity index (χ1v) is 6.97. The van der Waals surface area contributed by atoms with Crippen LogP contribution in [0.1, 0.15) is 45.6 Å². The quantitative estimate of drug-likeness (QED) is 0.879. The van der Waals surface area contributed by atoms with E-state index in [1.165, 1.54) is 17.7 Å². The van der Waals surface area contributed by atoms with Crippen molar-refractivity contribution in [1.82, 2.24) is 5.32 Å². The first kappa shape index (κ1) is 13.4.